The van der Waals surface area contributed by atoms with E-state index in [0.29, 0.717) is 5.92 Å². The summed E-state index contributed by atoms with van der Waals surface area (Å²) in [5, 5.41) is 0. The second kappa shape index (κ2) is 6.23. The third kappa shape index (κ3) is 3.57. The van der Waals surface area contributed by atoms with E-state index in [2.05, 4.69) is 73.3 Å². The highest BCUT2D eigenvalue weighted by molar-refractivity contribution is 5.31. The van der Waals surface area contributed by atoms with Gasteiger partial charge in [-0.15, -0.1) is 0 Å². The van der Waals surface area contributed by atoms with Crippen LogP contribution in [0.2, 0.25) is 0 Å². The van der Waals surface area contributed by atoms with Crippen molar-refractivity contribution in [2.24, 2.45) is 5.73 Å². The third-order valence-electron chi connectivity index (χ3n) is 4.62. The Balaban J connectivity index is 1.68. The second-order valence-corrected chi connectivity index (χ2v) is 7.05. The average Bonchev–Trinajstić information content (AvgIpc) is 2.96. The highest BCUT2D eigenvalue weighted by atomic mass is 15.1. The summed E-state index contributed by atoms with van der Waals surface area (Å²) in [4.78, 5) is 2.56. The smallest absolute Gasteiger partial charge is 0.0352 e. The molecule has 3 rings (SSSR count). The molecule has 0 saturated carbocycles. The van der Waals surface area contributed by atoms with Crippen LogP contribution in [0.15, 0.2) is 54.6 Å². The predicted octanol–water partition coefficient (Wildman–Crippen LogP) is 3.87. The Morgan fingerprint density at radius 2 is 1.86 bits per heavy atom. The van der Waals surface area contributed by atoms with Crippen LogP contribution in [-0.4, -0.2) is 18.0 Å². The quantitative estimate of drug-likeness (QED) is 0.927. The van der Waals surface area contributed by atoms with Crippen molar-refractivity contribution < 1.29 is 0 Å². The third-order valence-corrected chi connectivity index (χ3v) is 4.62. The van der Waals surface area contributed by atoms with Crippen LogP contribution >= 0.6 is 0 Å². The SMILES string of the molecule is CC(C)(N)c1cccc(C2CCN(Cc3ccccc3)C2)c1. The van der Waals surface area contributed by atoms with E-state index in [-0.39, 0.29) is 5.54 Å². The summed E-state index contributed by atoms with van der Waals surface area (Å²) in [7, 11) is 0. The Kier molecular flexibility index (Phi) is 4.32. The lowest BCUT2D eigenvalue weighted by molar-refractivity contribution is 0.327. The van der Waals surface area contributed by atoms with Gasteiger partial charge in [-0.05, 0) is 49.4 Å². The van der Waals surface area contributed by atoms with Crippen LogP contribution in [0.4, 0.5) is 0 Å². The van der Waals surface area contributed by atoms with Crippen molar-refractivity contribution in [3.05, 3.63) is 71.3 Å². The molecule has 0 aromatic heterocycles. The fraction of sp³-hybridized carbons (Fsp3) is 0.400. The summed E-state index contributed by atoms with van der Waals surface area (Å²) in [5.41, 5.74) is 10.0. The molecule has 2 aromatic carbocycles. The number of nitrogens with two attached hydrogens (primary N) is 1. The van der Waals surface area contributed by atoms with E-state index in [1.54, 1.807) is 0 Å². The number of benzene rings is 2. The molecule has 22 heavy (non-hydrogen) atoms. The molecule has 2 aromatic rings. The van der Waals surface area contributed by atoms with Crippen molar-refractivity contribution in [1.82, 2.24) is 4.90 Å². The van der Waals surface area contributed by atoms with E-state index in [1.807, 2.05) is 0 Å². The molecule has 1 aliphatic heterocycles. The first kappa shape index (κ1) is 15.3. The summed E-state index contributed by atoms with van der Waals surface area (Å²) in [6, 6.07) is 19.6. The minimum atomic E-state index is -0.266. The molecule has 0 bridgehead atoms. The second-order valence-electron chi connectivity index (χ2n) is 7.05. The molecule has 116 valence electrons. The molecule has 1 saturated heterocycles. The molecule has 1 aliphatic rings. The van der Waals surface area contributed by atoms with Gasteiger partial charge in [-0.25, -0.2) is 0 Å². The Hall–Kier alpha value is -1.64. The van der Waals surface area contributed by atoms with E-state index >= 15 is 0 Å². The zero-order valence-corrected chi connectivity index (χ0v) is 13.6. The standard InChI is InChI=1S/C20H26N2/c1-20(2,21)19-10-6-9-17(13-19)18-11-12-22(15-18)14-16-7-4-3-5-8-16/h3-10,13,18H,11-12,14-15,21H2,1-2H3. The molecular formula is C20H26N2. The zero-order valence-electron chi connectivity index (χ0n) is 13.6. The van der Waals surface area contributed by atoms with Gasteiger partial charge in [0.05, 0.1) is 0 Å². The largest absolute Gasteiger partial charge is 0.322 e. The van der Waals surface area contributed by atoms with Crippen LogP contribution in [0.5, 0.6) is 0 Å². The summed E-state index contributed by atoms with van der Waals surface area (Å²) >= 11 is 0. The first-order chi connectivity index (χ1) is 10.5. The molecule has 0 aliphatic carbocycles. The summed E-state index contributed by atoms with van der Waals surface area (Å²) in [5.74, 6) is 0.631. The monoisotopic (exact) mass is 294 g/mol. The van der Waals surface area contributed by atoms with E-state index in [1.165, 1.54) is 29.7 Å². The van der Waals surface area contributed by atoms with Crippen molar-refractivity contribution in [1.29, 1.82) is 0 Å². The van der Waals surface area contributed by atoms with Crippen LogP contribution in [0.25, 0.3) is 0 Å². The van der Waals surface area contributed by atoms with Crippen molar-refractivity contribution >= 4 is 0 Å². The molecule has 1 heterocycles. The number of rotatable bonds is 4. The van der Waals surface area contributed by atoms with Crippen molar-refractivity contribution in [2.45, 2.75) is 38.3 Å². The Morgan fingerprint density at radius 1 is 1.09 bits per heavy atom. The molecule has 0 spiro atoms. The maximum Gasteiger partial charge on any atom is 0.0352 e. The lowest BCUT2D eigenvalue weighted by Crippen LogP contribution is -2.28. The Morgan fingerprint density at radius 3 is 2.59 bits per heavy atom. The van der Waals surface area contributed by atoms with Gasteiger partial charge in [0, 0.05) is 18.6 Å². The van der Waals surface area contributed by atoms with E-state index in [4.69, 9.17) is 5.73 Å². The zero-order chi connectivity index (χ0) is 15.6. The van der Waals surface area contributed by atoms with Gasteiger partial charge in [0.15, 0.2) is 0 Å². The van der Waals surface area contributed by atoms with Crippen LogP contribution in [0, 0.1) is 0 Å². The van der Waals surface area contributed by atoms with Gasteiger partial charge in [-0.1, -0.05) is 54.6 Å². The van der Waals surface area contributed by atoms with Crippen LogP contribution in [0.1, 0.15) is 42.9 Å². The lowest BCUT2D eigenvalue weighted by Gasteiger charge is -2.21. The highest BCUT2D eigenvalue weighted by Gasteiger charge is 2.25. The van der Waals surface area contributed by atoms with Crippen LogP contribution < -0.4 is 5.73 Å². The van der Waals surface area contributed by atoms with E-state index in [9.17, 15) is 0 Å². The maximum atomic E-state index is 6.24. The fourth-order valence-corrected chi connectivity index (χ4v) is 3.28. The van der Waals surface area contributed by atoms with E-state index < -0.39 is 0 Å². The Bertz CT molecular complexity index is 613. The maximum absolute atomic E-state index is 6.24. The van der Waals surface area contributed by atoms with Gasteiger partial charge >= 0.3 is 0 Å². The van der Waals surface area contributed by atoms with Crippen LogP contribution in [-0.2, 0) is 12.1 Å². The lowest BCUT2D eigenvalue weighted by atomic mass is 9.90. The summed E-state index contributed by atoms with van der Waals surface area (Å²) < 4.78 is 0. The predicted molar refractivity (Wildman–Crippen MR) is 92.7 cm³/mol. The van der Waals surface area contributed by atoms with Crippen molar-refractivity contribution in [3.8, 4) is 0 Å². The number of hydrogen-bond acceptors (Lipinski definition) is 2. The average molecular weight is 294 g/mol. The first-order valence-electron chi connectivity index (χ1n) is 8.18. The fourth-order valence-electron chi connectivity index (χ4n) is 3.28. The minimum absolute atomic E-state index is 0.266. The molecule has 1 fully saturated rings. The van der Waals surface area contributed by atoms with Gasteiger partial charge in [0.2, 0.25) is 0 Å². The van der Waals surface area contributed by atoms with Gasteiger partial charge in [0.1, 0.15) is 0 Å². The van der Waals surface area contributed by atoms with Gasteiger partial charge < -0.3 is 5.73 Å². The molecule has 0 amide bonds. The summed E-state index contributed by atoms with van der Waals surface area (Å²) in [6.07, 6.45) is 1.24. The normalized spacial score (nSPS) is 19.5. The number of likely N-dealkylation sites (tertiary alicyclic amines) is 1. The number of nitrogens with zero attached hydrogens (tertiary/aromatic N) is 1. The molecular weight excluding hydrogens is 268 g/mol. The van der Waals surface area contributed by atoms with Gasteiger partial charge in [-0.3, -0.25) is 4.90 Å². The van der Waals surface area contributed by atoms with Crippen molar-refractivity contribution in [3.63, 3.8) is 0 Å². The molecule has 1 atom stereocenters. The number of hydrogen-bond donors (Lipinski definition) is 1. The molecule has 1 unspecified atom stereocenters. The van der Waals surface area contributed by atoms with Crippen molar-refractivity contribution in [2.75, 3.05) is 13.1 Å². The first-order valence-corrected chi connectivity index (χ1v) is 8.18. The highest BCUT2D eigenvalue weighted by Crippen LogP contribution is 2.30. The molecule has 2 N–H and O–H groups in total. The molecule has 0 radical (unpaired) electrons. The summed E-state index contributed by atoms with van der Waals surface area (Å²) in [6.45, 7) is 7.52. The van der Waals surface area contributed by atoms with Gasteiger partial charge in [0.25, 0.3) is 0 Å². The van der Waals surface area contributed by atoms with Crippen LogP contribution in [0.3, 0.4) is 0 Å². The topological polar surface area (TPSA) is 29.3 Å². The molecule has 2 nitrogen and oxygen atoms in total. The van der Waals surface area contributed by atoms with Gasteiger partial charge in [-0.2, -0.15) is 0 Å². The Labute approximate surface area is 134 Å². The minimum Gasteiger partial charge on any atom is -0.322 e. The molecule has 2 heteroatoms. The van der Waals surface area contributed by atoms with E-state index in [0.717, 1.165) is 13.1 Å².